The third-order valence-corrected chi connectivity index (χ3v) is 1.10. The van der Waals surface area contributed by atoms with E-state index in [9.17, 15) is 10.2 Å². The maximum absolute atomic E-state index is 9.29. The molecule has 0 unspecified atom stereocenters. The molecule has 1 aromatic rings. The van der Waals surface area contributed by atoms with E-state index in [0.29, 0.717) is 0 Å². The summed E-state index contributed by atoms with van der Waals surface area (Å²) in [4.78, 5) is 0. The van der Waals surface area contributed by atoms with E-state index in [1.165, 1.54) is 0 Å². The van der Waals surface area contributed by atoms with Crippen molar-refractivity contribution in [1.82, 2.24) is 0 Å². The van der Waals surface area contributed by atoms with Gasteiger partial charge < -0.3 is 15.9 Å². The fourth-order valence-corrected chi connectivity index (χ4v) is 0.618. The standard InChI is InChI=1S/C8H11NO2/c9-4-3-6-1-2-7(10)8(11)5-6/h1-2,5,10-11H,3-4,9H2/i1D,2D,4D2,5D. The fraction of sp³-hybridized carbons (Fsp3) is 0.250. The first-order chi connectivity index (χ1) is 7.15. The van der Waals surface area contributed by atoms with Gasteiger partial charge in [0.2, 0.25) is 0 Å². The summed E-state index contributed by atoms with van der Waals surface area (Å²) in [6.45, 7) is -2.15. The van der Waals surface area contributed by atoms with Crippen LogP contribution in [0.1, 0.15) is 12.4 Å². The molecule has 0 saturated carbocycles. The number of hydrogen-bond donors (Lipinski definition) is 3. The van der Waals surface area contributed by atoms with E-state index in [0.717, 1.165) is 0 Å². The molecule has 0 fully saturated rings. The maximum atomic E-state index is 9.29. The Labute approximate surface area is 72.1 Å². The van der Waals surface area contributed by atoms with Crippen molar-refractivity contribution < 1.29 is 17.1 Å². The van der Waals surface area contributed by atoms with Gasteiger partial charge in [-0.2, -0.15) is 0 Å². The molecule has 0 bridgehead atoms. The number of rotatable bonds is 2. The molecule has 0 spiro atoms. The van der Waals surface area contributed by atoms with E-state index in [2.05, 4.69) is 0 Å². The second-order valence-electron chi connectivity index (χ2n) is 1.93. The van der Waals surface area contributed by atoms with Gasteiger partial charge >= 0.3 is 0 Å². The Morgan fingerprint density at radius 1 is 1.45 bits per heavy atom. The van der Waals surface area contributed by atoms with Gasteiger partial charge in [-0.15, -0.1) is 0 Å². The third kappa shape index (κ3) is 1.85. The lowest BCUT2D eigenvalue weighted by molar-refractivity contribution is 0.403. The van der Waals surface area contributed by atoms with E-state index in [1.807, 2.05) is 0 Å². The van der Waals surface area contributed by atoms with Gasteiger partial charge in [-0.1, -0.05) is 6.04 Å². The molecule has 0 atom stereocenters. The van der Waals surface area contributed by atoms with Crippen LogP contribution in [-0.4, -0.2) is 16.7 Å². The number of phenols is 2. The Kier molecular flexibility index (Phi) is 1.02. The first kappa shape index (κ1) is 3.45. The van der Waals surface area contributed by atoms with E-state index in [-0.39, 0.29) is 5.56 Å². The van der Waals surface area contributed by atoms with Crippen LogP contribution < -0.4 is 5.73 Å². The molecule has 0 aliphatic heterocycles. The van der Waals surface area contributed by atoms with Crippen molar-refractivity contribution in [3.63, 3.8) is 0 Å². The molecule has 0 amide bonds. The van der Waals surface area contributed by atoms with Crippen molar-refractivity contribution in [2.75, 3.05) is 6.50 Å². The molecular weight excluding hydrogens is 142 g/mol. The minimum Gasteiger partial charge on any atom is -0.504 e. The van der Waals surface area contributed by atoms with Gasteiger partial charge in [0.1, 0.15) is 0 Å². The lowest BCUT2D eigenvalue weighted by Gasteiger charge is -2.00. The number of aromatic hydroxyl groups is 2. The molecule has 0 radical (unpaired) electrons. The van der Waals surface area contributed by atoms with Crippen LogP contribution in [0.25, 0.3) is 0 Å². The summed E-state index contributed by atoms with van der Waals surface area (Å²) in [6, 6.07) is -1.73. The second-order valence-corrected chi connectivity index (χ2v) is 1.93. The van der Waals surface area contributed by atoms with Gasteiger partial charge in [0, 0.05) is 2.74 Å². The SMILES string of the molecule is [2H]c1c([2H])c(CC([2H])([2H])N)c([2H])c(O)c1O. The van der Waals surface area contributed by atoms with Gasteiger partial charge in [0.05, 0.1) is 4.11 Å². The molecule has 0 aliphatic rings. The average molecular weight is 158 g/mol. The third-order valence-electron chi connectivity index (χ3n) is 1.10. The fourth-order valence-electron chi connectivity index (χ4n) is 0.618. The van der Waals surface area contributed by atoms with Gasteiger partial charge in [-0.3, -0.25) is 0 Å². The van der Waals surface area contributed by atoms with Crippen LogP contribution in [0.4, 0.5) is 0 Å². The van der Waals surface area contributed by atoms with Gasteiger partial charge in [0.25, 0.3) is 0 Å². The molecular formula is C8H11NO2. The molecule has 60 valence electrons. The zero-order valence-corrected chi connectivity index (χ0v) is 5.68. The van der Waals surface area contributed by atoms with Crippen LogP contribution in [0.3, 0.4) is 0 Å². The summed E-state index contributed by atoms with van der Waals surface area (Å²) in [5, 5.41) is 18.5. The van der Waals surface area contributed by atoms with E-state index in [1.54, 1.807) is 0 Å². The first-order valence-corrected chi connectivity index (χ1v) is 2.94. The Balaban J connectivity index is 3.40. The first-order valence-electron chi connectivity index (χ1n) is 5.44. The van der Waals surface area contributed by atoms with Crippen LogP contribution in [0.2, 0.25) is 0 Å². The average Bonchev–Trinajstić information content (AvgIpc) is 2.17. The van der Waals surface area contributed by atoms with Crippen molar-refractivity contribution in [2.45, 2.75) is 6.42 Å². The van der Waals surface area contributed by atoms with Gasteiger partial charge in [0.15, 0.2) is 11.5 Å². The Hall–Kier alpha value is -1.22. The zero-order valence-electron chi connectivity index (χ0n) is 10.7. The van der Waals surface area contributed by atoms with Crippen LogP contribution in [-0.2, 0) is 6.42 Å². The molecule has 3 heteroatoms. The highest BCUT2D eigenvalue weighted by Crippen LogP contribution is 2.24. The zero-order chi connectivity index (χ0) is 12.7. The van der Waals surface area contributed by atoms with E-state index in [4.69, 9.17) is 12.6 Å². The van der Waals surface area contributed by atoms with Gasteiger partial charge in [-0.25, -0.2) is 0 Å². The van der Waals surface area contributed by atoms with E-state index < -0.39 is 42.5 Å². The monoisotopic (exact) mass is 158 g/mol. The smallest absolute Gasteiger partial charge is 0.157 e. The quantitative estimate of drug-likeness (QED) is 0.552. The number of nitrogens with two attached hydrogens (primary N) is 1. The summed E-state index contributed by atoms with van der Waals surface area (Å²) in [5.74, 6) is -1.68. The van der Waals surface area contributed by atoms with Crippen LogP contribution in [0.5, 0.6) is 11.5 Å². The Morgan fingerprint density at radius 2 is 2.18 bits per heavy atom. The molecule has 0 aliphatic carbocycles. The number of hydrogen-bond acceptors (Lipinski definition) is 3. The van der Waals surface area contributed by atoms with Crippen LogP contribution in [0, 0.1) is 0 Å². The highest BCUT2D eigenvalue weighted by atomic mass is 16.3. The van der Waals surface area contributed by atoms with Gasteiger partial charge in [-0.05, 0) is 30.6 Å². The largest absolute Gasteiger partial charge is 0.504 e. The Morgan fingerprint density at radius 3 is 2.82 bits per heavy atom. The summed E-state index contributed by atoms with van der Waals surface area (Å²) >= 11 is 0. The maximum Gasteiger partial charge on any atom is 0.157 e. The predicted octanol–water partition coefficient (Wildman–Crippen LogP) is 0.599. The molecule has 1 rings (SSSR count). The molecule has 4 N–H and O–H groups in total. The lowest BCUT2D eigenvalue weighted by Crippen LogP contribution is -2.02. The van der Waals surface area contributed by atoms with Crippen molar-refractivity contribution >= 4 is 0 Å². The Bertz CT molecular complexity index is 400. The van der Waals surface area contributed by atoms with Crippen molar-refractivity contribution in [3.8, 4) is 11.5 Å². The van der Waals surface area contributed by atoms with Crippen molar-refractivity contribution in [1.29, 1.82) is 0 Å². The van der Waals surface area contributed by atoms with Crippen LogP contribution in [0.15, 0.2) is 18.1 Å². The molecule has 0 saturated heterocycles. The lowest BCUT2D eigenvalue weighted by atomic mass is 10.1. The van der Waals surface area contributed by atoms with E-state index >= 15 is 0 Å². The number of phenolic OH excluding ortho intramolecular Hbond substituents is 2. The summed E-state index contributed by atoms with van der Waals surface area (Å²) < 4.78 is 36.4. The molecule has 0 heterocycles. The van der Waals surface area contributed by atoms with Crippen molar-refractivity contribution in [3.05, 3.63) is 23.7 Å². The molecule has 11 heavy (non-hydrogen) atoms. The number of benzene rings is 1. The van der Waals surface area contributed by atoms with Crippen molar-refractivity contribution in [2.24, 2.45) is 5.73 Å². The van der Waals surface area contributed by atoms with Crippen LogP contribution >= 0.6 is 0 Å². The molecule has 1 aromatic carbocycles. The molecule has 3 nitrogen and oxygen atoms in total. The summed E-state index contributed by atoms with van der Waals surface area (Å²) in [7, 11) is 0. The summed E-state index contributed by atoms with van der Waals surface area (Å²) in [6.07, 6.45) is -0.482. The minimum atomic E-state index is -2.15. The minimum absolute atomic E-state index is 0.201. The second kappa shape index (κ2) is 3.25. The highest BCUT2D eigenvalue weighted by Gasteiger charge is 1.98. The topological polar surface area (TPSA) is 66.5 Å². The molecule has 0 aromatic heterocycles. The predicted molar refractivity (Wildman–Crippen MR) is 42.5 cm³/mol. The normalized spacial score (nSPS) is 17.7. The summed E-state index contributed by atoms with van der Waals surface area (Å²) in [5.41, 5.74) is 4.90. The highest BCUT2D eigenvalue weighted by molar-refractivity contribution is 5.40.